The van der Waals surface area contributed by atoms with Crippen LogP contribution in [0.3, 0.4) is 0 Å². The van der Waals surface area contributed by atoms with Gasteiger partial charge in [-0.1, -0.05) is 115 Å². The van der Waals surface area contributed by atoms with Gasteiger partial charge < -0.3 is 8.83 Å². The number of hydrogen-bond donors (Lipinski definition) is 0. The summed E-state index contributed by atoms with van der Waals surface area (Å²) in [5.74, 6) is 0.685. The lowest BCUT2D eigenvalue weighted by Crippen LogP contribution is -1.98. The lowest BCUT2D eigenvalue weighted by Gasteiger charge is -2.14. The molecule has 0 unspecified atom stereocenters. The number of para-hydroxylation sites is 2. The molecule has 0 saturated carbocycles. The normalized spacial score (nSPS) is 12.1. The average Bonchev–Trinajstić information content (AvgIpc) is 3.91. The van der Waals surface area contributed by atoms with Gasteiger partial charge in [0.15, 0.2) is 5.82 Å². The van der Waals surface area contributed by atoms with Crippen LogP contribution >= 0.6 is 0 Å². The number of hydrogen-bond acceptors (Lipinski definition) is 4. The van der Waals surface area contributed by atoms with Gasteiger partial charge >= 0.3 is 0 Å². The van der Waals surface area contributed by atoms with E-state index in [1.165, 1.54) is 16.3 Å². The third kappa shape index (κ3) is 4.31. The largest absolute Gasteiger partial charge is 0.456 e. The van der Waals surface area contributed by atoms with Crippen LogP contribution in [-0.2, 0) is 0 Å². The van der Waals surface area contributed by atoms with Gasteiger partial charge in [-0.25, -0.2) is 9.97 Å². The molecule has 1 aliphatic carbocycles. The van der Waals surface area contributed by atoms with Crippen molar-refractivity contribution in [3.63, 3.8) is 0 Å². The van der Waals surface area contributed by atoms with Crippen LogP contribution in [0.15, 0.2) is 179 Å². The van der Waals surface area contributed by atoms with Crippen molar-refractivity contribution < 1.29 is 8.83 Å². The van der Waals surface area contributed by atoms with Crippen LogP contribution in [0.2, 0.25) is 0 Å². The number of benzene rings is 8. The molecular weight excluding hydrogens is 661 g/mol. The molecule has 0 aliphatic heterocycles. The van der Waals surface area contributed by atoms with E-state index in [-0.39, 0.29) is 0 Å². The third-order valence-electron chi connectivity index (χ3n) is 11.0. The Morgan fingerprint density at radius 3 is 1.52 bits per heavy atom. The maximum absolute atomic E-state index is 6.22. The Kier molecular flexibility index (Phi) is 6.02. The van der Waals surface area contributed by atoms with Crippen molar-refractivity contribution in [3.05, 3.63) is 170 Å². The molecule has 0 amide bonds. The van der Waals surface area contributed by atoms with Crippen LogP contribution < -0.4 is 0 Å². The molecular formula is C50H28N2O2. The summed E-state index contributed by atoms with van der Waals surface area (Å²) in [6.45, 7) is 0. The van der Waals surface area contributed by atoms with Gasteiger partial charge in [0.2, 0.25) is 0 Å². The fourth-order valence-electron chi connectivity index (χ4n) is 8.49. The van der Waals surface area contributed by atoms with E-state index in [1.54, 1.807) is 0 Å². The summed E-state index contributed by atoms with van der Waals surface area (Å²) in [7, 11) is 0. The number of fused-ring (bicyclic) bond motifs is 9. The summed E-state index contributed by atoms with van der Waals surface area (Å²) in [5.41, 5.74) is 15.2. The first-order valence-electron chi connectivity index (χ1n) is 18.2. The highest BCUT2D eigenvalue weighted by Gasteiger charge is 2.28. The van der Waals surface area contributed by atoms with Crippen LogP contribution in [0.1, 0.15) is 0 Å². The Hall–Kier alpha value is -7.30. The average molecular weight is 689 g/mol. The van der Waals surface area contributed by atoms with Crippen molar-refractivity contribution in [2.24, 2.45) is 0 Å². The van der Waals surface area contributed by atoms with Gasteiger partial charge in [-0.05, 0) is 93.2 Å². The van der Waals surface area contributed by atoms with E-state index < -0.39 is 0 Å². The molecule has 4 heteroatoms. The van der Waals surface area contributed by atoms with Crippen LogP contribution in [0.4, 0.5) is 0 Å². The number of furan rings is 2. The highest BCUT2D eigenvalue weighted by Crippen LogP contribution is 2.50. The quantitative estimate of drug-likeness (QED) is 0.185. The molecule has 250 valence electrons. The molecule has 11 aromatic rings. The van der Waals surface area contributed by atoms with Crippen molar-refractivity contribution in [2.75, 3.05) is 0 Å². The minimum atomic E-state index is 0.685. The van der Waals surface area contributed by atoms with Crippen LogP contribution in [0.25, 0.3) is 122 Å². The molecule has 0 atom stereocenters. The fourth-order valence-corrected chi connectivity index (χ4v) is 8.49. The summed E-state index contributed by atoms with van der Waals surface area (Å²) in [4.78, 5) is 10.9. The lowest BCUT2D eigenvalue weighted by molar-refractivity contribution is 0.668. The number of aromatic nitrogens is 2. The topological polar surface area (TPSA) is 52.1 Å². The molecule has 0 fully saturated rings. The van der Waals surface area contributed by atoms with Crippen molar-refractivity contribution >= 4 is 54.6 Å². The number of rotatable bonds is 4. The fraction of sp³-hybridized carbons (Fsp3) is 0. The smallest absolute Gasteiger partial charge is 0.160 e. The van der Waals surface area contributed by atoms with Gasteiger partial charge in [-0.2, -0.15) is 0 Å². The molecule has 8 aromatic carbocycles. The minimum absolute atomic E-state index is 0.685. The summed E-state index contributed by atoms with van der Waals surface area (Å²) in [6.07, 6.45) is 0. The highest BCUT2D eigenvalue weighted by atomic mass is 16.3. The van der Waals surface area contributed by atoms with E-state index >= 15 is 0 Å². The van der Waals surface area contributed by atoms with Gasteiger partial charge in [0.25, 0.3) is 0 Å². The van der Waals surface area contributed by atoms with E-state index in [0.717, 1.165) is 99.8 Å². The Balaban J connectivity index is 1.13. The lowest BCUT2D eigenvalue weighted by atomic mass is 9.94. The van der Waals surface area contributed by atoms with E-state index in [2.05, 4.69) is 146 Å². The summed E-state index contributed by atoms with van der Waals surface area (Å²) >= 11 is 0. The van der Waals surface area contributed by atoms with E-state index in [9.17, 15) is 0 Å². The van der Waals surface area contributed by atoms with Crippen LogP contribution in [0.5, 0.6) is 0 Å². The Morgan fingerprint density at radius 1 is 0.333 bits per heavy atom. The molecule has 0 bridgehead atoms. The van der Waals surface area contributed by atoms with E-state index in [4.69, 9.17) is 18.8 Å². The Labute approximate surface area is 309 Å². The first-order chi connectivity index (χ1) is 26.7. The molecule has 12 rings (SSSR count). The second-order valence-electron chi connectivity index (χ2n) is 14.1. The molecule has 3 heterocycles. The standard InChI is InChI=1S/C50H28N2O2/c1-2-10-30(11-3-1)48-47-38-16-8-12-29-13-9-17-39(46(29)38)49(47)52-50(51-48)35-25-33(31-20-22-44-40(27-31)36-14-4-6-18-42(36)53-44)24-34(26-35)32-21-23-45-41(28-32)37-15-5-7-19-43(37)54-45/h1-28H. The number of nitrogens with zero attached hydrogens (tertiary/aromatic N) is 2. The van der Waals surface area contributed by atoms with E-state index in [0.29, 0.717) is 5.82 Å². The van der Waals surface area contributed by atoms with Crippen molar-refractivity contribution in [1.82, 2.24) is 9.97 Å². The molecule has 0 saturated heterocycles. The molecule has 0 spiro atoms. The zero-order chi connectivity index (χ0) is 35.3. The van der Waals surface area contributed by atoms with Gasteiger partial charge in [-0.15, -0.1) is 0 Å². The van der Waals surface area contributed by atoms with Crippen molar-refractivity contribution in [1.29, 1.82) is 0 Å². The maximum atomic E-state index is 6.22. The maximum Gasteiger partial charge on any atom is 0.160 e. The second-order valence-corrected chi connectivity index (χ2v) is 14.1. The zero-order valence-corrected chi connectivity index (χ0v) is 28.9. The third-order valence-corrected chi connectivity index (χ3v) is 11.0. The van der Waals surface area contributed by atoms with Crippen LogP contribution in [-0.4, -0.2) is 9.97 Å². The molecule has 3 aromatic heterocycles. The van der Waals surface area contributed by atoms with Gasteiger partial charge in [0.1, 0.15) is 22.3 Å². The minimum Gasteiger partial charge on any atom is -0.456 e. The summed E-state index contributed by atoms with van der Waals surface area (Å²) < 4.78 is 12.4. The highest BCUT2D eigenvalue weighted by molar-refractivity contribution is 6.17. The van der Waals surface area contributed by atoms with Crippen molar-refractivity contribution in [3.8, 4) is 67.3 Å². The summed E-state index contributed by atoms with van der Waals surface area (Å²) in [5, 5.41) is 6.82. The van der Waals surface area contributed by atoms with Gasteiger partial charge in [0, 0.05) is 43.8 Å². The van der Waals surface area contributed by atoms with Crippen LogP contribution in [0, 0.1) is 0 Å². The Bertz CT molecular complexity index is 3200. The molecule has 54 heavy (non-hydrogen) atoms. The Morgan fingerprint density at radius 2 is 0.870 bits per heavy atom. The predicted octanol–water partition coefficient (Wildman–Crippen LogP) is 13.7. The van der Waals surface area contributed by atoms with E-state index in [1.807, 2.05) is 24.3 Å². The molecule has 4 nitrogen and oxygen atoms in total. The molecule has 0 N–H and O–H groups in total. The first-order valence-corrected chi connectivity index (χ1v) is 18.2. The second kappa shape index (κ2) is 11.1. The zero-order valence-electron chi connectivity index (χ0n) is 28.9. The molecule has 0 radical (unpaired) electrons. The SMILES string of the molecule is c1ccc(-c2nc(-c3cc(-c4ccc5oc6ccccc6c5c4)cc(-c4ccc5oc6ccccc6c5c4)c3)nc3c2-c2cccc4cccc-3c24)cc1. The summed E-state index contributed by atoms with van der Waals surface area (Å²) in [6, 6.07) is 59.7. The van der Waals surface area contributed by atoms with Gasteiger partial charge in [-0.3, -0.25) is 0 Å². The van der Waals surface area contributed by atoms with Gasteiger partial charge in [0.05, 0.1) is 11.4 Å². The molecule has 1 aliphatic rings. The van der Waals surface area contributed by atoms with Crippen molar-refractivity contribution in [2.45, 2.75) is 0 Å². The monoisotopic (exact) mass is 688 g/mol. The predicted molar refractivity (Wildman–Crippen MR) is 220 cm³/mol. The first kappa shape index (κ1) is 29.3.